The standard InChI is InChI=1S/C11H16BrN3/c1-14-4-6-15(7-5-14)11-3-2-9(12)8-10(11)13/h2-3,8H,4-7,13H2,1H3/p+1. The number of quaternary nitrogens is 1. The number of benzene rings is 1. The van der Waals surface area contributed by atoms with Crippen LogP contribution < -0.4 is 15.5 Å². The van der Waals surface area contributed by atoms with Gasteiger partial charge in [0.05, 0.1) is 44.6 Å². The fraction of sp³-hybridized carbons (Fsp3) is 0.455. The number of nitrogen functional groups attached to an aromatic ring is 1. The number of likely N-dealkylation sites (N-methyl/N-ethyl adjacent to an activating group) is 1. The lowest BCUT2D eigenvalue weighted by Gasteiger charge is -2.32. The monoisotopic (exact) mass is 270 g/mol. The summed E-state index contributed by atoms with van der Waals surface area (Å²) in [6, 6.07) is 6.12. The summed E-state index contributed by atoms with van der Waals surface area (Å²) in [5.41, 5.74) is 8.05. The molecule has 3 nitrogen and oxygen atoms in total. The van der Waals surface area contributed by atoms with Crippen LogP contribution in [0.3, 0.4) is 0 Å². The zero-order valence-corrected chi connectivity index (χ0v) is 10.5. The topological polar surface area (TPSA) is 33.7 Å². The van der Waals surface area contributed by atoms with Gasteiger partial charge in [0.25, 0.3) is 0 Å². The molecular formula is C11H17BrN3+. The third-order valence-electron chi connectivity index (χ3n) is 2.95. The van der Waals surface area contributed by atoms with Crippen LogP contribution in [0.4, 0.5) is 11.4 Å². The van der Waals surface area contributed by atoms with Crippen molar-refractivity contribution in [2.24, 2.45) is 0 Å². The van der Waals surface area contributed by atoms with E-state index in [-0.39, 0.29) is 0 Å². The van der Waals surface area contributed by atoms with E-state index in [9.17, 15) is 0 Å². The Labute approximate surface area is 99.0 Å². The van der Waals surface area contributed by atoms with Crippen molar-refractivity contribution in [2.45, 2.75) is 0 Å². The van der Waals surface area contributed by atoms with Crippen LogP contribution >= 0.6 is 15.9 Å². The second-order valence-corrected chi connectivity index (χ2v) is 5.06. The first-order valence-corrected chi connectivity index (χ1v) is 6.07. The lowest BCUT2D eigenvalue weighted by Crippen LogP contribution is -3.12. The molecule has 0 amide bonds. The number of hydrogen-bond acceptors (Lipinski definition) is 2. The first-order chi connectivity index (χ1) is 7.16. The molecule has 1 aromatic rings. The van der Waals surface area contributed by atoms with Crippen molar-refractivity contribution >= 4 is 27.3 Å². The fourth-order valence-corrected chi connectivity index (χ4v) is 2.32. The van der Waals surface area contributed by atoms with Gasteiger partial charge in [0.2, 0.25) is 0 Å². The maximum Gasteiger partial charge on any atom is 0.0947 e. The molecule has 0 saturated carbocycles. The van der Waals surface area contributed by atoms with Gasteiger partial charge in [-0.1, -0.05) is 15.9 Å². The number of rotatable bonds is 1. The van der Waals surface area contributed by atoms with Gasteiger partial charge in [-0.3, -0.25) is 0 Å². The third-order valence-corrected chi connectivity index (χ3v) is 3.44. The van der Waals surface area contributed by atoms with E-state index in [4.69, 9.17) is 5.73 Å². The molecule has 0 bridgehead atoms. The highest BCUT2D eigenvalue weighted by Crippen LogP contribution is 2.26. The van der Waals surface area contributed by atoms with Crippen LogP contribution in [0.15, 0.2) is 22.7 Å². The van der Waals surface area contributed by atoms with Gasteiger partial charge in [0.15, 0.2) is 0 Å². The molecule has 82 valence electrons. The smallest absolute Gasteiger partial charge is 0.0947 e. The van der Waals surface area contributed by atoms with Crippen molar-refractivity contribution in [3.63, 3.8) is 0 Å². The van der Waals surface area contributed by atoms with Crippen molar-refractivity contribution < 1.29 is 4.90 Å². The van der Waals surface area contributed by atoms with Gasteiger partial charge >= 0.3 is 0 Å². The number of piperazine rings is 1. The molecule has 0 spiro atoms. The largest absolute Gasteiger partial charge is 0.397 e. The molecule has 2 rings (SSSR count). The predicted molar refractivity (Wildman–Crippen MR) is 67.4 cm³/mol. The van der Waals surface area contributed by atoms with Gasteiger partial charge in [0, 0.05) is 4.47 Å². The van der Waals surface area contributed by atoms with Crippen LogP contribution in [0.2, 0.25) is 0 Å². The molecule has 3 N–H and O–H groups in total. The second-order valence-electron chi connectivity index (χ2n) is 4.15. The Morgan fingerprint density at radius 2 is 2.00 bits per heavy atom. The summed E-state index contributed by atoms with van der Waals surface area (Å²) in [5, 5.41) is 0. The van der Waals surface area contributed by atoms with Crippen LogP contribution in [0.25, 0.3) is 0 Å². The Balaban J connectivity index is 2.15. The average Bonchev–Trinajstić information content (AvgIpc) is 2.20. The molecular weight excluding hydrogens is 254 g/mol. The van der Waals surface area contributed by atoms with E-state index in [1.807, 2.05) is 6.07 Å². The zero-order chi connectivity index (χ0) is 10.8. The molecule has 4 heteroatoms. The molecule has 0 aromatic heterocycles. The number of nitrogens with two attached hydrogens (primary N) is 1. The average molecular weight is 271 g/mol. The van der Waals surface area contributed by atoms with Crippen LogP contribution in [0.5, 0.6) is 0 Å². The summed E-state index contributed by atoms with van der Waals surface area (Å²) in [6.07, 6.45) is 0. The summed E-state index contributed by atoms with van der Waals surface area (Å²) in [4.78, 5) is 3.97. The molecule has 0 aliphatic carbocycles. The Kier molecular flexibility index (Phi) is 3.17. The maximum absolute atomic E-state index is 6.01. The molecule has 1 aromatic carbocycles. The van der Waals surface area contributed by atoms with E-state index in [2.05, 4.69) is 40.0 Å². The van der Waals surface area contributed by atoms with Gasteiger partial charge < -0.3 is 15.5 Å². The van der Waals surface area contributed by atoms with E-state index >= 15 is 0 Å². The van der Waals surface area contributed by atoms with Gasteiger partial charge in [-0.05, 0) is 18.2 Å². The second kappa shape index (κ2) is 4.41. The highest BCUT2D eigenvalue weighted by molar-refractivity contribution is 9.10. The maximum atomic E-state index is 6.01. The SMILES string of the molecule is C[NH+]1CCN(c2ccc(Br)cc2N)CC1. The fourth-order valence-electron chi connectivity index (χ4n) is 1.94. The minimum Gasteiger partial charge on any atom is -0.397 e. The summed E-state index contributed by atoms with van der Waals surface area (Å²) < 4.78 is 1.04. The van der Waals surface area contributed by atoms with Crippen molar-refractivity contribution in [3.05, 3.63) is 22.7 Å². The Morgan fingerprint density at radius 1 is 1.33 bits per heavy atom. The third kappa shape index (κ3) is 2.44. The first kappa shape index (κ1) is 10.8. The van der Waals surface area contributed by atoms with Crippen molar-refractivity contribution in [1.29, 1.82) is 0 Å². The molecule has 1 aliphatic heterocycles. The number of nitrogens with zero attached hydrogens (tertiary/aromatic N) is 1. The first-order valence-electron chi connectivity index (χ1n) is 5.28. The quantitative estimate of drug-likeness (QED) is 0.723. The Bertz CT molecular complexity index is 346. The summed E-state index contributed by atoms with van der Waals surface area (Å²) in [6.45, 7) is 4.57. The minimum absolute atomic E-state index is 0.865. The summed E-state index contributed by atoms with van der Waals surface area (Å²) in [5.74, 6) is 0. The van der Waals surface area contributed by atoms with Gasteiger partial charge in [-0.15, -0.1) is 0 Å². The number of hydrogen-bond donors (Lipinski definition) is 2. The summed E-state index contributed by atoms with van der Waals surface area (Å²) in [7, 11) is 2.24. The van der Waals surface area contributed by atoms with Crippen molar-refractivity contribution in [3.8, 4) is 0 Å². The highest BCUT2D eigenvalue weighted by Gasteiger charge is 2.18. The van der Waals surface area contributed by atoms with Crippen LogP contribution in [-0.4, -0.2) is 33.2 Å². The van der Waals surface area contributed by atoms with E-state index in [1.165, 1.54) is 18.8 Å². The lowest BCUT2D eigenvalue weighted by molar-refractivity contribution is -0.880. The summed E-state index contributed by atoms with van der Waals surface area (Å²) >= 11 is 3.43. The lowest BCUT2D eigenvalue weighted by atomic mass is 10.2. The molecule has 1 saturated heterocycles. The van der Waals surface area contributed by atoms with Gasteiger partial charge in [-0.2, -0.15) is 0 Å². The molecule has 1 aliphatic rings. The predicted octanol–water partition coefficient (Wildman–Crippen LogP) is 0.366. The van der Waals surface area contributed by atoms with E-state index in [0.29, 0.717) is 0 Å². The molecule has 0 unspecified atom stereocenters. The number of nitrogens with one attached hydrogen (secondary N) is 1. The number of anilines is 2. The van der Waals surface area contributed by atoms with Crippen LogP contribution in [0.1, 0.15) is 0 Å². The van der Waals surface area contributed by atoms with Gasteiger partial charge in [-0.25, -0.2) is 0 Å². The zero-order valence-electron chi connectivity index (χ0n) is 8.96. The Hall–Kier alpha value is -0.740. The molecule has 15 heavy (non-hydrogen) atoms. The van der Waals surface area contributed by atoms with Gasteiger partial charge in [0.1, 0.15) is 0 Å². The molecule has 0 atom stereocenters. The van der Waals surface area contributed by atoms with E-state index < -0.39 is 0 Å². The molecule has 1 heterocycles. The van der Waals surface area contributed by atoms with Crippen molar-refractivity contribution in [1.82, 2.24) is 0 Å². The molecule has 0 radical (unpaired) electrons. The van der Waals surface area contributed by atoms with E-state index in [1.54, 1.807) is 4.90 Å². The van der Waals surface area contributed by atoms with Crippen LogP contribution in [-0.2, 0) is 0 Å². The Morgan fingerprint density at radius 3 is 2.60 bits per heavy atom. The minimum atomic E-state index is 0.865. The van der Waals surface area contributed by atoms with E-state index in [0.717, 1.165) is 23.2 Å². The highest BCUT2D eigenvalue weighted by atomic mass is 79.9. The normalized spacial score (nSPS) is 18.1. The van der Waals surface area contributed by atoms with Crippen molar-refractivity contribution in [2.75, 3.05) is 43.9 Å². The number of halogens is 1. The van der Waals surface area contributed by atoms with Crippen LogP contribution in [0, 0.1) is 0 Å². The molecule has 1 fully saturated rings.